The Morgan fingerprint density at radius 1 is 0.920 bits per heavy atom. The third-order valence-corrected chi connectivity index (χ3v) is 4.44. The number of carbonyl (C=O) groups is 3. The number of carbonyl (C=O) groups excluding carboxylic acids is 3. The number of rotatable bonds is 10. The molecule has 0 aliphatic heterocycles. The van der Waals surface area contributed by atoms with Crippen molar-refractivity contribution in [3.8, 4) is 5.75 Å². The van der Waals surface area contributed by atoms with Crippen molar-refractivity contribution in [3.63, 3.8) is 0 Å². The molecule has 138 valence electrons. The van der Waals surface area contributed by atoms with Gasteiger partial charge in [-0.1, -0.05) is 33.6 Å². The van der Waals surface area contributed by atoms with E-state index >= 15 is 0 Å². The average molecular weight is 348 g/mol. The first-order valence-electron chi connectivity index (χ1n) is 8.91. The second-order valence-corrected chi connectivity index (χ2v) is 6.10. The van der Waals surface area contributed by atoms with Gasteiger partial charge in [0.15, 0.2) is 11.2 Å². The molecular weight excluding hydrogens is 320 g/mol. The summed E-state index contributed by atoms with van der Waals surface area (Å²) in [6.45, 7) is 7.40. The van der Waals surface area contributed by atoms with Crippen LogP contribution in [0.5, 0.6) is 5.75 Å². The first-order chi connectivity index (χ1) is 11.9. The highest BCUT2D eigenvalue weighted by Gasteiger charge is 2.46. The van der Waals surface area contributed by atoms with Crippen molar-refractivity contribution in [3.05, 3.63) is 29.8 Å². The lowest BCUT2D eigenvalue weighted by molar-refractivity contribution is -0.168. The Bertz CT molecular complexity index is 585. The predicted octanol–water partition coefficient (Wildman–Crippen LogP) is 4.33. The van der Waals surface area contributed by atoms with E-state index in [1.165, 1.54) is 6.92 Å². The van der Waals surface area contributed by atoms with E-state index in [4.69, 9.17) is 9.47 Å². The molecule has 0 bridgehead atoms. The van der Waals surface area contributed by atoms with Crippen LogP contribution in [0.25, 0.3) is 0 Å². The largest absolute Gasteiger partial charge is 0.465 e. The molecule has 0 aliphatic rings. The van der Waals surface area contributed by atoms with Crippen LogP contribution in [0.15, 0.2) is 24.3 Å². The van der Waals surface area contributed by atoms with E-state index in [-0.39, 0.29) is 5.78 Å². The van der Waals surface area contributed by atoms with E-state index in [9.17, 15) is 14.4 Å². The summed E-state index contributed by atoms with van der Waals surface area (Å²) in [6, 6.07) is 6.29. The van der Waals surface area contributed by atoms with E-state index in [1.54, 1.807) is 38.1 Å². The molecule has 0 atom stereocenters. The third-order valence-electron chi connectivity index (χ3n) is 4.44. The quantitative estimate of drug-likeness (QED) is 0.207. The zero-order valence-corrected chi connectivity index (χ0v) is 15.6. The molecule has 25 heavy (non-hydrogen) atoms. The van der Waals surface area contributed by atoms with Crippen LogP contribution in [0, 0.1) is 5.41 Å². The van der Waals surface area contributed by atoms with E-state index in [2.05, 4.69) is 6.92 Å². The van der Waals surface area contributed by atoms with Gasteiger partial charge in [-0.3, -0.25) is 14.4 Å². The van der Waals surface area contributed by atoms with Crippen LogP contribution in [0.3, 0.4) is 0 Å². The van der Waals surface area contributed by atoms with Crippen LogP contribution in [-0.4, -0.2) is 24.3 Å². The number of ketones is 1. The monoisotopic (exact) mass is 348 g/mol. The smallest absolute Gasteiger partial charge is 0.328 e. The summed E-state index contributed by atoms with van der Waals surface area (Å²) in [5.41, 5.74) is -0.766. The number of esters is 2. The predicted molar refractivity (Wildman–Crippen MR) is 95.6 cm³/mol. The summed E-state index contributed by atoms with van der Waals surface area (Å²) in [7, 11) is 0. The summed E-state index contributed by atoms with van der Waals surface area (Å²) in [6.07, 6.45) is 3.41. The molecule has 1 rings (SSSR count). The van der Waals surface area contributed by atoms with E-state index in [0.29, 0.717) is 30.8 Å². The summed E-state index contributed by atoms with van der Waals surface area (Å²) in [5, 5.41) is 0. The molecule has 1 aromatic carbocycles. The highest BCUT2D eigenvalue weighted by molar-refractivity contribution is 6.01. The minimum atomic E-state index is -1.30. The zero-order chi connectivity index (χ0) is 18.9. The lowest BCUT2D eigenvalue weighted by Gasteiger charge is -2.26. The minimum absolute atomic E-state index is 0.0648. The van der Waals surface area contributed by atoms with Crippen molar-refractivity contribution in [2.24, 2.45) is 5.41 Å². The molecule has 0 N–H and O–H groups in total. The van der Waals surface area contributed by atoms with Crippen molar-refractivity contribution in [2.45, 2.75) is 59.8 Å². The maximum absolute atomic E-state index is 12.7. The van der Waals surface area contributed by atoms with E-state index in [0.717, 1.165) is 19.3 Å². The van der Waals surface area contributed by atoms with E-state index in [1.807, 2.05) is 0 Å². The van der Waals surface area contributed by atoms with Gasteiger partial charge in [0.2, 0.25) is 0 Å². The molecule has 0 fully saturated rings. The Morgan fingerprint density at radius 2 is 1.52 bits per heavy atom. The van der Waals surface area contributed by atoms with Gasteiger partial charge in [-0.15, -0.1) is 0 Å². The second-order valence-electron chi connectivity index (χ2n) is 6.10. The Morgan fingerprint density at radius 3 is 2.00 bits per heavy atom. The Balaban J connectivity index is 2.83. The second kappa shape index (κ2) is 9.97. The number of unbranched alkanes of at least 4 members (excludes halogenated alkanes) is 2. The van der Waals surface area contributed by atoms with Crippen molar-refractivity contribution in [2.75, 3.05) is 6.61 Å². The molecule has 0 saturated carbocycles. The van der Waals surface area contributed by atoms with Gasteiger partial charge in [0, 0.05) is 5.56 Å². The molecule has 0 aliphatic carbocycles. The van der Waals surface area contributed by atoms with Gasteiger partial charge < -0.3 is 9.47 Å². The van der Waals surface area contributed by atoms with Crippen molar-refractivity contribution >= 4 is 17.7 Å². The maximum Gasteiger partial charge on any atom is 0.328 e. The fraction of sp³-hybridized carbons (Fsp3) is 0.550. The van der Waals surface area contributed by atoms with Crippen LogP contribution < -0.4 is 4.74 Å². The Kier molecular flexibility index (Phi) is 8.32. The van der Waals surface area contributed by atoms with Crippen LogP contribution in [0.4, 0.5) is 0 Å². The van der Waals surface area contributed by atoms with Crippen LogP contribution in [-0.2, 0) is 14.3 Å². The topological polar surface area (TPSA) is 69.7 Å². The number of hydrogen-bond donors (Lipinski definition) is 0. The Hall–Kier alpha value is -2.17. The van der Waals surface area contributed by atoms with Gasteiger partial charge in [0.1, 0.15) is 5.75 Å². The van der Waals surface area contributed by atoms with Crippen molar-refractivity contribution in [1.29, 1.82) is 0 Å². The molecule has 0 amide bonds. The van der Waals surface area contributed by atoms with Crippen molar-refractivity contribution < 1.29 is 23.9 Å². The summed E-state index contributed by atoms with van der Waals surface area (Å²) < 4.78 is 10.7. The molecule has 0 heterocycles. The molecule has 5 heteroatoms. The van der Waals surface area contributed by atoms with Gasteiger partial charge in [-0.05, 0) is 50.5 Å². The van der Waals surface area contributed by atoms with Gasteiger partial charge in [0.05, 0.1) is 6.61 Å². The molecule has 0 unspecified atom stereocenters. The summed E-state index contributed by atoms with van der Waals surface area (Å²) in [4.78, 5) is 36.5. The van der Waals surface area contributed by atoms with Crippen LogP contribution in [0.2, 0.25) is 0 Å². The third kappa shape index (κ3) is 5.41. The zero-order valence-electron chi connectivity index (χ0n) is 15.6. The molecule has 0 radical (unpaired) electrons. The number of Topliss-reactive ketones (excluding diaryl/α,β-unsaturated/α-hetero) is 1. The average Bonchev–Trinajstić information content (AvgIpc) is 2.60. The number of hydrogen-bond acceptors (Lipinski definition) is 5. The highest BCUT2D eigenvalue weighted by atomic mass is 16.6. The first-order valence-corrected chi connectivity index (χ1v) is 8.91. The SMILES string of the molecule is CCCCCOC(=O)C(CC)(CC)C(=O)Oc1ccc(C(C)=O)cc1. The summed E-state index contributed by atoms with van der Waals surface area (Å²) in [5.74, 6) is -0.905. The van der Waals surface area contributed by atoms with Crippen LogP contribution in [0.1, 0.15) is 70.2 Å². The fourth-order valence-electron chi connectivity index (χ4n) is 2.53. The summed E-state index contributed by atoms with van der Waals surface area (Å²) >= 11 is 0. The van der Waals surface area contributed by atoms with Gasteiger partial charge in [0.25, 0.3) is 0 Å². The molecule has 0 aromatic heterocycles. The molecule has 1 aromatic rings. The lowest BCUT2D eigenvalue weighted by Crippen LogP contribution is -2.42. The number of benzene rings is 1. The maximum atomic E-state index is 12.7. The highest BCUT2D eigenvalue weighted by Crippen LogP contribution is 2.31. The van der Waals surface area contributed by atoms with Gasteiger partial charge >= 0.3 is 11.9 Å². The van der Waals surface area contributed by atoms with E-state index < -0.39 is 17.4 Å². The van der Waals surface area contributed by atoms with Gasteiger partial charge in [-0.2, -0.15) is 0 Å². The van der Waals surface area contributed by atoms with Crippen molar-refractivity contribution in [1.82, 2.24) is 0 Å². The molecular formula is C20H28O5. The molecule has 0 spiro atoms. The standard InChI is InChI=1S/C20H28O5/c1-5-8-9-14-24-18(22)20(6-2,7-3)19(23)25-17-12-10-16(11-13-17)15(4)21/h10-13H,5-9,14H2,1-4H3. The Labute approximate surface area is 149 Å². The molecule has 0 saturated heterocycles. The first kappa shape index (κ1) is 20.9. The molecule has 5 nitrogen and oxygen atoms in total. The van der Waals surface area contributed by atoms with Gasteiger partial charge in [-0.25, -0.2) is 0 Å². The number of ether oxygens (including phenoxy) is 2. The van der Waals surface area contributed by atoms with Crippen LogP contribution >= 0.6 is 0 Å². The fourth-order valence-corrected chi connectivity index (χ4v) is 2.53. The minimum Gasteiger partial charge on any atom is -0.465 e. The lowest BCUT2D eigenvalue weighted by atomic mass is 9.82. The normalized spacial score (nSPS) is 11.0.